The molecule has 0 radical (unpaired) electrons. The van der Waals surface area contributed by atoms with Crippen LogP contribution in [0.3, 0.4) is 0 Å². The maximum Gasteiger partial charge on any atom is 0.253 e. The molecule has 2 fully saturated rings. The summed E-state index contributed by atoms with van der Waals surface area (Å²) in [5.41, 5.74) is -0.767. The minimum atomic E-state index is -3.57. The number of benzene rings is 1. The Balaban J connectivity index is 1.36. The molecule has 2 saturated heterocycles. The van der Waals surface area contributed by atoms with Crippen LogP contribution in [0.4, 0.5) is 0 Å². The fraction of sp³-hybridized carbons (Fsp3) is 0.524. The molecule has 0 saturated carbocycles. The van der Waals surface area contributed by atoms with Gasteiger partial charge < -0.3 is 18.9 Å². The lowest BCUT2D eigenvalue weighted by molar-refractivity contribution is -0.181. The van der Waals surface area contributed by atoms with Crippen LogP contribution in [-0.2, 0) is 36.4 Å². The van der Waals surface area contributed by atoms with Gasteiger partial charge in [0.15, 0.2) is 6.10 Å². The van der Waals surface area contributed by atoms with Gasteiger partial charge in [-0.1, -0.05) is 18.2 Å². The molecule has 1 aromatic heterocycles. The predicted octanol–water partition coefficient (Wildman–Crippen LogP) is 0.821. The highest BCUT2D eigenvalue weighted by Crippen LogP contribution is 2.41. The molecule has 1 atom stereocenters. The molecule has 1 spiro atoms. The highest BCUT2D eigenvalue weighted by atomic mass is 32.2. The predicted molar refractivity (Wildman–Crippen MR) is 111 cm³/mol. The summed E-state index contributed by atoms with van der Waals surface area (Å²) in [6.07, 6.45) is 3.87. The zero-order valence-corrected chi connectivity index (χ0v) is 18.0. The lowest BCUT2D eigenvalue weighted by Gasteiger charge is -2.46. The zero-order valence-electron chi connectivity index (χ0n) is 17.2. The van der Waals surface area contributed by atoms with Crippen molar-refractivity contribution in [3.8, 4) is 0 Å². The van der Waals surface area contributed by atoms with E-state index in [-0.39, 0.29) is 10.8 Å². The minimum absolute atomic E-state index is 0.0404. The highest BCUT2D eigenvalue weighted by molar-refractivity contribution is 7.89. The van der Waals surface area contributed by atoms with Crippen LogP contribution in [0.2, 0.25) is 0 Å². The third-order valence-corrected chi connectivity index (χ3v) is 8.28. The third-order valence-electron chi connectivity index (χ3n) is 6.36. The summed E-state index contributed by atoms with van der Waals surface area (Å²) in [5, 5.41) is 0. The number of sulfonamides is 1. The Kier molecular flexibility index (Phi) is 5.33. The summed E-state index contributed by atoms with van der Waals surface area (Å²) in [6.45, 7) is 3.22. The van der Waals surface area contributed by atoms with E-state index < -0.39 is 21.7 Å². The first-order valence-corrected chi connectivity index (χ1v) is 12.0. The molecule has 2 aromatic rings. The Bertz CT molecular complexity index is 1040. The standard InChI is InChI=1S/C21H26N4O5S/c26-19(23-12-14-29-15-13-23)18-16-24-11-8-22-20(24)21(30-18)6-9-25(10-7-21)31(27,28)17-4-2-1-3-5-17/h1-5,8,11,18H,6-7,9-10,12-16H2. The van der Waals surface area contributed by atoms with E-state index in [4.69, 9.17) is 9.47 Å². The normalized spacial score (nSPS) is 24.1. The average molecular weight is 447 g/mol. The molecule has 0 bridgehead atoms. The van der Waals surface area contributed by atoms with Crippen molar-refractivity contribution in [1.29, 1.82) is 0 Å². The number of fused-ring (bicyclic) bond motifs is 2. The van der Waals surface area contributed by atoms with Crippen molar-refractivity contribution in [1.82, 2.24) is 18.8 Å². The van der Waals surface area contributed by atoms with Crippen LogP contribution in [-0.4, -0.2) is 78.6 Å². The molecule has 5 rings (SSSR count). The van der Waals surface area contributed by atoms with E-state index in [1.807, 2.05) is 10.8 Å². The van der Waals surface area contributed by atoms with Crippen LogP contribution < -0.4 is 0 Å². The molecule has 0 N–H and O–H groups in total. The fourth-order valence-corrected chi connectivity index (χ4v) is 6.15. The molecule has 9 nitrogen and oxygen atoms in total. The van der Waals surface area contributed by atoms with Gasteiger partial charge in [-0.2, -0.15) is 4.31 Å². The SMILES string of the molecule is O=C(C1Cn2ccnc2C2(CCN(S(=O)(=O)c3ccccc3)CC2)O1)N1CCOCC1. The fourth-order valence-electron chi connectivity index (χ4n) is 4.68. The summed E-state index contributed by atoms with van der Waals surface area (Å²) >= 11 is 0. The molecule has 31 heavy (non-hydrogen) atoms. The van der Waals surface area contributed by atoms with Crippen molar-refractivity contribution >= 4 is 15.9 Å². The molecular weight excluding hydrogens is 420 g/mol. The second-order valence-corrected chi connectivity index (χ2v) is 10.1. The monoisotopic (exact) mass is 446 g/mol. The van der Waals surface area contributed by atoms with Gasteiger partial charge in [0.1, 0.15) is 11.4 Å². The van der Waals surface area contributed by atoms with Gasteiger partial charge in [-0.25, -0.2) is 13.4 Å². The second kappa shape index (κ2) is 8.01. The quantitative estimate of drug-likeness (QED) is 0.693. The summed E-state index contributed by atoms with van der Waals surface area (Å²) in [4.78, 5) is 19.7. The molecule has 1 aromatic carbocycles. The first kappa shape index (κ1) is 20.6. The van der Waals surface area contributed by atoms with Gasteiger partial charge in [0.2, 0.25) is 10.0 Å². The number of rotatable bonds is 3. The van der Waals surface area contributed by atoms with E-state index in [0.717, 1.165) is 5.82 Å². The maximum atomic E-state index is 13.1. The van der Waals surface area contributed by atoms with Gasteiger partial charge in [-0.3, -0.25) is 4.79 Å². The van der Waals surface area contributed by atoms with Crippen LogP contribution in [0.15, 0.2) is 47.6 Å². The van der Waals surface area contributed by atoms with Crippen molar-refractivity contribution in [3.05, 3.63) is 48.5 Å². The Morgan fingerprint density at radius 3 is 2.48 bits per heavy atom. The molecule has 10 heteroatoms. The molecule has 1 unspecified atom stereocenters. The average Bonchev–Trinajstić information content (AvgIpc) is 3.30. The number of piperidine rings is 1. The van der Waals surface area contributed by atoms with Crippen molar-refractivity contribution in [3.63, 3.8) is 0 Å². The zero-order chi connectivity index (χ0) is 21.5. The van der Waals surface area contributed by atoms with E-state index >= 15 is 0 Å². The highest BCUT2D eigenvalue weighted by Gasteiger charge is 2.49. The number of carbonyl (C=O) groups is 1. The number of amides is 1. The van der Waals surface area contributed by atoms with Gasteiger partial charge in [0, 0.05) is 38.6 Å². The number of imidazole rings is 1. The second-order valence-electron chi connectivity index (χ2n) is 8.16. The van der Waals surface area contributed by atoms with Gasteiger partial charge in [0.25, 0.3) is 5.91 Å². The van der Waals surface area contributed by atoms with Crippen LogP contribution in [0.25, 0.3) is 0 Å². The summed E-state index contributed by atoms with van der Waals surface area (Å²) in [5.74, 6) is 0.733. The Hall–Kier alpha value is -2.27. The van der Waals surface area contributed by atoms with Crippen LogP contribution in [0.5, 0.6) is 0 Å². The Morgan fingerprint density at radius 2 is 1.77 bits per heavy atom. The van der Waals surface area contributed by atoms with Crippen molar-refractivity contribution in [2.75, 3.05) is 39.4 Å². The molecule has 0 aliphatic carbocycles. The van der Waals surface area contributed by atoms with E-state index in [9.17, 15) is 13.2 Å². The summed E-state index contributed by atoms with van der Waals surface area (Å²) < 4.78 is 41.3. The largest absolute Gasteiger partial charge is 0.378 e. The number of morpholine rings is 1. The summed E-state index contributed by atoms with van der Waals surface area (Å²) in [6, 6.07) is 8.47. The smallest absolute Gasteiger partial charge is 0.253 e. The molecule has 1 amide bonds. The van der Waals surface area contributed by atoms with Crippen molar-refractivity contribution in [2.24, 2.45) is 0 Å². The number of ether oxygens (including phenoxy) is 2. The number of hydrogen-bond donors (Lipinski definition) is 0. The number of carbonyl (C=O) groups excluding carboxylic acids is 1. The number of hydrogen-bond acceptors (Lipinski definition) is 6. The molecule has 3 aliphatic heterocycles. The van der Waals surface area contributed by atoms with E-state index in [1.54, 1.807) is 41.4 Å². The third kappa shape index (κ3) is 3.67. The first-order chi connectivity index (χ1) is 15.0. The van der Waals surface area contributed by atoms with E-state index in [0.29, 0.717) is 58.8 Å². The van der Waals surface area contributed by atoms with E-state index in [1.165, 1.54) is 4.31 Å². The van der Waals surface area contributed by atoms with Crippen molar-refractivity contribution < 1.29 is 22.7 Å². The Morgan fingerprint density at radius 1 is 1.06 bits per heavy atom. The van der Waals surface area contributed by atoms with Crippen LogP contribution in [0, 0.1) is 0 Å². The van der Waals surface area contributed by atoms with Crippen LogP contribution >= 0.6 is 0 Å². The number of nitrogens with zero attached hydrogens (tertiary/aromatic N) is 4. The minimum Gasteiger partial charge on any atom is -0.378 e. The topological polar surface area (TPSA) is 94.0 Å². The number of aromatic nitrogens is 2. The van der Waals surface area contributed by atoms with Crippen molar-refractivity contribution in [2.45, 2.75) is 36.0 Å². The van der Waals surface area contributed by atoms with Crippen LogP contribution in [0.1, 0.15) is 18.7 Å². The van der Waals surface area contributed by atoms with Gasteiger partial charge >= 0.3 is 0 Å². The van der Waals surface area contributed by atoms with E-state index in [2.05, 4.69) is 4.98 Å². The Labute approximate surface area is 181 Å². The molecular formula is C21H26N4O5S. The maximum absolute atomic E-state index is 13.1. The van der Waals surface area contributed by atoms with Gasteiger partial charge in [-0.05, 0) is 25.0 Å². The lowest BCUT2D eigenvalue weighted by Crippen LogP contribution is -2.56. The molecule has 3 aliphatic rings. The molecule has 4 heterocycles. The molecule has 166 valence electrons. The van der Waals surface area contributed by atoms with Gasteiger partial charge in [0.05, 0.1) is 24.7 Å². The van der Waals surface area contributed by atoms with Gasteiger partial charge in [-0.15, -0.1) is 0 Å². The lowest BCUT2D eigenvalue weighted by atomic mass is 9.89. The summed E-state index contributed by atoms with van der Waals surface area (Å²) in [7, 11) is -3.57. The first-order valence-electron chi connectivity index (χ1n) is 10.6.